The minimum atomic E-state index is 0. The van der Waals surface area contributed by atoms with Crippen molar-refractivity contribution in [3.8, 4) is 0 Å². The van der Waals surface area contributed by atoms with Crippen molar-refractivity contribution in [1.82, 2.24) is 0 Å². The van der Waals surface area contributed by atoms with Gasteiger partial charge >= 0.3 is 0 Å². The monoisotopic (exact) mass is 312 g/mol. The van der Waals surface area contributed by atoms with Crippen molar-refractivity contribution in [2.45, 2.75) is 73.6 Å². The van der Waals surface area contributed by atoms with E-state index in [0.29, 0.717) is 16.2 Å². The van der Waals surface area contributed by atoms with Crippen LogP contribution in [0.3, 0.4) is 0 Å². The Hall–Kier alpha value is 1.10. The van der Waals surface area contributed by atoms with Gasteiger partial charge in [0.05, 0.1) is 0 Å². The first-order chi connectivity index (χ1) is 7.14. The van der Waals surface area contributed by atoms with E-state index in [2.05, 4.69) is 48.5 Å². The molecular formula is C16H31Y-. The maximum absolute atomic E-state index is 4.13. The molecule has 0 spiro atoms. The Balaban J connectivity index is 0.00000256. The predicted molar refractivity (Wildman–Crippen MR) is 73.3 cm³/mol. The van der Waals surface area contributed by atoms with Gasteiger partial charge < -0.3 is 6.92 Å². The molecule has 1 aliphatic rings. The van der Waals surface area contributed by atoms with Crippen LogP contribution in [0, 0.1) is 29.1 Å². The van der Waals surface area contributed by atoms with Gasteiger partial charge in [0.25, 0.3) is 0 Å². The van der Waals surface area contributed by atoms with E-state index in [1.165, 1.54) is 25.7 Å². The minimum absolute atomic E-state index is 0. The predicted octanol–water partition coefficient (Wildman–Crippen LogP) is 5.48. The van der Waals surface area contributed by atoms with Crippen molar-refractivity contribution in [3.05, 3.63) is 6.92 Å². The van der Waals surface area contributed by atoms with E-state index >= 15 is 0 Å². The van der Waals surface area contributed by atoms with Gasteiger partial charge in [0.1, 0.15) is 0 Å². The van der Waals surface area contributed by atoms with Crippen LogP contribution in [-0.4, -0.2) is 0 Å². The van der Waals surface area contributed by atoms with Crippen LogP contribution < -0.4 is 0 Å². The van der Waals surface area contributed by atoms with Gasteiger partial charge in [-0.1, -0.05) is 47.0 Å². The van der Waals surface area contributed by atoms with Crippen LogP contribution in [0.25, 0.3) is 0 Å². The van der Waals surface area contributed by atoms with Crippen LogP contribution in [0.15, 0.2) is 0 Å². The van der Waals surface area contributed by atoms with Gasteiger partial charge in [0.2, 0.25) is 0 Å². The molecule has 1 saturated carbocycles. The van der Waals surface area contributed by atoms with Crippen molar-refractivity contribution in [1.29, 1.82) is 0 Å². The average molecular weight is 312 g/mol. The zero-order valence-corrected chi connectivity index (χ0v) is 15.7. The molecule has 1 rings (SSSR count). The van der Waals surface area contributed by atoms with Crippen molar-refractivity contribution < 1.29 is 32.7 Å². The van der Waals surface area contributed by atoms with Crippen LogP contribution in [0.5, 0.6) is 0 Å². The fourth-order valence-corrected chi connectivity index (χ4v) is 3.54. The molecule has 1 heteroatoms. The third-order valence-corrected chi connectivity index (χ3v) is 4.96. The van der Waals surface area contributed by atoms with E-state index in [9.17, 15) is 0 Å². The van der Waals surface area contributed by atoms with Gasteiger partial charge in [-0.05, 0) is 42.4 Å². The summed E-state index contributed by atoms with van der Waals surface area (Å²) in [6.45, 7) is 18.6. The molecule has 0 aromatic carbocycles. The number of rotatable bonds is 5. The SMILES string of the molecule is [CH2-]CC(C)(C)CC1(CC(C)C)CCC1(C)C.[Y]. The second-order valence-electron chi connectivity index (χ2n) is 7.85. The van der Waals surface area contributed by atoms with Gasteiger partial charge in [0.15, 0.2) is 0 Å². The Morgan fingerprint density at radius 1 is 1.18 bits per heavy atom. The van der Waals surface area contributed by atoms with Crippen LogP contribution in [-0.2, 0) is 32.7 Å². The maximum Gasteiger partial charge on any atom is 0 e. The van der Waals surface area contributed by atoms with Gasteiger partial charge in [-0.2, -0.15) is 6.42 Å². The quantitative estimate of drug-likeness (QED) is 0.590. The number of hydrogen-bond acceptors (Lipinski definition) is 0. The molecule has 0 aromatic heterocycles. The molecule has 0 amide bonds. The first-order valence-corrected chi connectivity index (χ1v) is 6.93. The molecule has 0 aliphatic heterocycles. The average Bonchev–Trinajstić information content (AvgIpc) is 2.14. The molecule has 1 atom stereocenters. The Morgan fingerprint density at radius 2 is 1.71 bits per heavy atom. The van der Waals surface area contributed by atoms with Crippen LogP contribution >= 0.6 is 0 Å². The largest absolute Gasteiger partial charge is 0.343 e. The Morgan fingerprint density at radius 3 is 1.94 bits per heavy atom. The second kappa shape index (κ2) is 6.04. The van der Waals surface area contributed by atoms with Gasteiger partial charge in [-0.15, -0.1) is 0 Å². The molecule has 99 valence electrons. The first-order valence-electron chi connectivity index (χ1n) is 6.93. The molecule has 17 heavy (non-hydrogen) atoms. The zero-order chi connectivity index (χ0) is 12.6. The topological polar surface area (TPSA) is 0 Å². The smallest absolute Gasteiger partial charge is 0 e. The van der Waals surface area contributed by atoms with E-state index in [4.69, 9.17) is 0 Å². The van der Waals surface area contributed by atoms with E-state index < -0.39 is 0 Å². The summed E-state index contributed by atoms with van der Waals surface area (Å²) in [4.78, 5) is 0. The van der Waals surface area contributed by atoms with Gasteiger partial charge in [-0.25, -0.2) is 0 Å². The van der Waals surface area contributed by atoms with E-state index in [1.54, 1.807) is 0 Å². The Bertz CT molecular complexity index is 240. The molecule has 1 fully saturated rings. The summed E-state index contributed by atoms with van der Waals surface area (Å²) in [5, 5.41) is 0. The molecule has 1 unspecified atom stereocenters. The standard InChI is InChI=1S/C16H31.Y/c1-8-14(4,5)12-16(11-13(2)3)10-9-15(16,6)7;/h13H,1,8-12H2,2-7H3;/q-1;. The molecule has 0 saturated heterocycles. The van der Waals surface area contributed by atoms with E-state index in [0.717, 1.165) is 12.3 Å². The molecule has 0 heterocycles. The van der Waals surface area contributed by atoms with Gasteiger partial charge in [0, 0.05) is 32.7 Å². The fourth-order valence-electron chi connectivity index (χ4n) is 3.54. The number of hydrogen-bond donors (Lipinski definition) is 0. The molecule has 1 radical (unpaired) electrons. The summed E-state index contributed by atoms with van der Waals surface area (Å²) in [6.07, 6.45) is 6.65. The molecule has 0 bridgehead atoms. The van der Waals surface area contributed by atoms with Crippen molar-refractivity contribution in [2.24, 2.45) is 22.2 Å². The third kappa shape index (κ3) is 4.03. The zero-order valence-electron chi connectivity index (χ0n) is 12.9. The maximum atomic E-state index is 4.13. The molecular weight excluding hydrogens is 281 g/mol. The summed E-state index contributed by atoms with van der Waals surface area (Å²) in [5.41, 5.74) is 1.54. The summed E-state index contributed by atoms with van der Waals surface area (Å²) < 4.78 is 0. The van der Waals surface area contributed by atoms with Crippen molar-refractivity contribution in [3.63, 3.8) is 0 Å². The molecule has 0 nitrogen and oxygen atoms in total. The Kier molecular flexibility index (Phi) is 6.43. The normalized spacial score (nSPS) is 27.5. The van der Waals surface area contributed by atoms with Crippen molar-refractivity contribution in [2.75, 3.05) is 0 Å². The summed E-state index contributed by atoms with van der Waals surface area (Å²) in [6, 6.07) is 0. The fraction of sp³-hybridized carbons (Fsp3) is 0.938. The molecule has 1 aliphatic carbocycles. The minimum Gasteiger partial charge on any atom is -0.343 e. The van der Waals surface area contributed by atoms with E-state index in [1.807, 2.05) is 0 Å². The summed E-state index contributed by atoms with van der Waals surface area (Å²) in [7, 11) is 0. The van der Waals surface area contributed by atoms with Crippen LogP contribution in [0.4, 0.5) is 0 Å². The molecule has 0 N–H and O–H groups in total. The first kappa shape index (κ1) is 18.1. The summed E-state index contributed by atoms with van der Waals surface area (Å²) >= 11 is 0. The van der Waals surface area contributed by atoms with Crippen molar-refractivity contribution >= 4 is 0 Å². The molecule has 0 aromatic rings. The Labute approximate surface area is 135 Å². The van der Waals surface area contributed by atoms with Gasteiger partial charge in [-0.3, -0.25) is 0 Å². The van der Waals surface area contributed by atoms with Crippen LogP contribution in [0.1, 0.15) is 73.6 Å². The van der Waals surface area contributed by atoms with E-state index in [-0.39, 0.29) is 32.7 Å². The summed E-state index contributed by atoms with van der Waals surface area (Å²) in [5.74, 6) is 0.820. The van der Waals surface area contributed by atoms with Crippen LogP contribution in [0.2, 0.25) is 0 Å². The third-order valence-electron chi connectivity index (χ3n) is 4.96. The second-order valence-corrected chi connectivity index (χ2v) is 7.85.